The van der Waals surface area contributed by atoms with Gasteiger partial charge in [-0.3, -0.25) is 9.69 Å². The molecule has 5 nitrogen and oxygen atoms in total. The number of amides is 1. The zero-order chi connectivity index (χ0) is 24.0. The molecule has 1 aliphatic carbocycles. The van der Waals surface area contributed by atoms with Crippen LogP contribution < -0.4 is 4.74 Å². The van der Waals surface area contributed by atoms with Crippen molar-refractivity contribution in [2.45, 2.75) is 51.7 Å². The molecule has 5 rings (SSSR count). The van der Waals surface area contributed by atoms with E-state index in [1.165, 1.54) is 23.7 Å². The number of rotatable bonds is 6. The van der Waals surface area contributed by atoms with E-state index in [0.29, 0.717) is 17.3 Å². The molecular weight excluding hydrogens is 454 g/mol. The van der Waals surface area contributed by atoms with Crippen molar-refractivity contribution in [2.75, 3.05) is 0 Å². The summed E-state index contributed by atoms with van der Waals surface area (Å²) in [4.78, 5) is 25.1. The maximum Gasteiger partial charge on any atom is 0.267 e. The number of amidine groups is 1. The van der Waals surface area contributed by atoms with Crippen molar-refractivity contribution in [3.05, 3.63) is 94.5 Å². The number of nitrogens with zero attached hydrogens (tertiary/aromatic N) is 3. The van der Waals surface area contributed by atoms with Crippen molar-refractivity contribution < 1.29 is 9.53 Å². The Balaban J connectivity index is 1.33. The van der Waals surface area contributed by atoms with E-state index >= 15 is 0 Å². The second-order valence-electron chi connectivity index (χ2n) is 9.00. The average molecular weight is 484 g/mol. The number of carbonyl (C=O) groups excluding carboxylic acids is 1. The Morgan fingerprint density at radius 1 is 1.03 bits per heavy atom. The van der Waals surface area contributed by atoms with Crippen LogP contribution in [-0.4, -0.2) is 27.0 Å². The van der Waals surface area contributed by atoms with E-state index in [0.717, 1.165) is 47.7 Å². The van der Waals surface area contributed by atoms with Gasteiger partial charge in [-0.2, -0.15) is 0 Å². The van der Waals surface area contributed by atoms with Crippen molar-refractivity contribution in [1.82, 2.24) is 9.88 Å². The molecule has 0 unspecified atom stereocenters. The van der Waals surface area contributed by atoms with Crippen LogP contribution in [0.5, 0.6) is 5.75 Å². The predicted octanol–water partition coefficient (Wildman–Crippen LogP) is 6.91. The number of hydrogen-bond donors (Lipinski definition) is 0. The van der Waals surface area contributed by atoms with E-state index in [4.69, 9.17) is 9.73 Å². The van der Waals surface area contributed by atoms with E-state index < -0.39 is 0 Å². The van der Waals surface area contributed by atoms with Gasteiger partial charge in [0, 0.05) is 12.2 Å². The number of aliphatic imine (C=N–C) groups is 1. The van der Waals surface area contributed by atoms with Gasteiger partial charge in [0.25, 0.3) is 5.91 Å². The van der Waals surface area contributed by atoms with Crippen molar-refractivity contribution >= 4 is 34.7 Å². The van der Waals surface area contributed by atoms with Gasteiger partial charge in [0.15, 0.2) is 11.0 Å². The fourth-order valence-corrected chi connectivity index (χ4v) is 5.45. The van der Waals surface area contributed by atoms with Crippen LogP contribution in [0.15, 0.2) is 82.8 Å². The molecule has 35 heavy (non-hydrogen) atoms. The zero-order valence-corrected chi connectivity index (χ0v) is 20.7. The smallest absolute Gasteiger partial charge is 0.267 e. The molecule has 0 radical (unpaired) electrons. The largest absolute Gasteiger partial charge is 0.489 e. The van der Waals surface area contributed by atoms with Gasteiger partial charge in [-0.25, -0.2) is 9.98 Å². The lowest BCUT2D eigenvalue weighted by Crippen LogP contribution is -2.40. The van der Waals surface area contributed by atoms with Crippen molar-refractivity contribution in [3.8, 4) is 5.75 Å². The molecule has 178 valence electrons. The van der Waals surface area contributed by atoms with Gasteiger partial charge in [0.05, 0.1) is 4.91 Å². The van der Waals surface area contributed by atoms with Crippen LogP contribution in [-0.2, 0) is 11.4 Å². The molecule has 3 aromatic rings. The van der Waals surface area contributed by atoms with Gasteiger partial charge in [-0.1, -0.05) is 67.3 Å². The summed E-state index contributed by atoms with van der Waals surface area (Å²) in [5.41, 5.74) is 3.34. The minimum atomic E-state index is 0.0382. The van der Waals surface area contributed by atoms with Gasteiger partial charge < -0.3 is 4.74 Å². The van der Waals surface area contributed by atoms with Gasteiger partial charge >= 0.3 is 0 Å². The molecule has 0 N–H and O–H groups in total. The quantitative estimate of drug-likeness (QED) is 0.358. The molecule has 1 aliphatic heterocycles. The highest BCUT2D eigenvalue weighted by atomic mass is 32.2. The lowest BCUT2D eigenvalue weighted by molar-refractivity contribution is -0.124. The first kappa shape index (κ1) is 23.4. The first-order chi connectivity index (χ1) is 17.2. The van der Waals surface area contributed by atoms with Crippen LogP contribution >= 0.6 is 11.8 Å². The Kier molecular flexibility index (Phi) is 7.28. The standard InChI is InChI=1S/C29H29N3O2S/c1-21-10-12-23(13-11-21)20-34-25-16-14-22(15-17-25)19-26-28(33)32(24-7-3-2-4-8-24)29(35-26)31-27-9-5-6-18-30-27/h5-6,9-19,24H,2-4,7-8,20H2,1H3/b26-19-,31-29+. The normalized spacial score (nSPS) is 19.0. The Morgan fingerprint density at radius 3 is 2.51 bits per heavy atom. The number of aromatic nitrogens is 1. The van der Waals surface area contributed by atoms with Crippen LogP contribution in [0.1, 0.15) is 48.8 Å². The Morgan fingerprint density at radius 2 is 1.80 bits per heavy atom. The highest BCUT2D eigenvalue weighted by Gasteiger charge is 2.38. The van der Waals surface area contributed by atoms with E-state index in [9.17, 15) is 4.79 Å². The second-order valence-corrected chi connectivity index (χ2v) is 10.0. The summed E-state index contributed by atoms with van der Waals surface area (Å²) < 4.78 is 5.93. The van der Waals surface area contributed by atoms with Crippen LogP contribution in [0, 0.1) is 6.92 Å². The first-order valence-electron chi connectivity index (χ1n) is 12.2. The highest BCUT2D eigenvalue weighted by Crippen LogP contribution is 2.38. The molecule has 1 aromatic heterocycles. The minimum absolute atomic E-state index is 0.0382. The molecule has 2 aliphatic rings. The topological polar surface area (TPSA) is 54.8 Å². The molecule has 0 bridgehead atoms. The highest BCUT2D eigenvalue weighted by molar-refractivity contribution is 8.18. The van der Waals surface area contributed by atoms with Gasteiger partial charge in [-0.15, -0.1) is 0 Å². The summed E-state index contributed by atoms with van der Waals surface area (Å²) in [6.45, 7) is 2.60. The lowest BCUT2D eigenvalue weighted by Gasteiger charge is -2.30. The minimum Gasteiger partial charge on any atom is -0.489 e. The van der Waals surface area contributed by atoms with Crippen LogP contribution in [0.4, 0.5) is 5.82 Å². The second kappa shape index (κ2) is 10.9. The molecule has 1 saturated carbocycles. The zero-order valence-electron chi connectivity index (χ0n) is 19.9. The maximum atomic E-state index is 13.5. The first-order valence-corrected chi connectivity index (χ1v) is 13.0. The summed E-state index contributed by atoms with van der Waals surface area (Å²) in [5.74, 6) is 1.47. The number of hydrogen-bond acceptors (Lipinski definition) is 5. The summed E-state index contributed by atoms with van der Waals surface area (Å²) in [5, 5.41) is 0.727. The Bertz CT molecular complexity index is 1220. The summed E-state index contributed by atoms with van der Waals surface area (Å²) in [7, 11) is 0. The molecule has 0 atom stereocenters. The van der Waals surface area contributed by atoms with E-state index in [1.807, 2.05) is 53.4 Å². The number of carbonyl (C=O) groups is 1. The molecule has 1 amide bonds. The summed E-state index contributed by atoms with van der Waals surface area (Å²) >= 11 is 1.44. The molecule has 2 fully saturated rings. The number of aryl methyl sites for hydroxylation is 1. The SMILES string of the molecule is Cc1ccc(COc2ccc(/C=C3\S/C(=N/c4ccccn4)N(C4CCCCC4)C3=O)cc2)cc1. The molecular formula is C29H29N3O2S. The van der Waals surface area contributed by atoms with Gasteiger partial charge in [0.1, 0.15) is 12.4 Å². The monoisotopic (exact) mass is 483 g/mol. The number of ether oxygens (including phenoxy) is 1. The summed E-state index contributed by atoms with van der Waals surface area (Å²) in [6.07, 6.45) is 9.26. The maximum absolute atomic E-state index is 13.5. The third kappa shape index (κ3) is 5.82. The fourth-order valence-electron chi connectivity index (χ4n) is 4.41. The Labute approximate surface area is 210 Å². The number of thioether (sulfide) groups is 1. The van der Waals surface area contributed by atoms with Crippen LogP contribution in [0.2, 0.25) is 0 Å². The van der Waals surface area contributed by atoms with Crippen LogP contribution in [0.25, 0.3) is 6.08 Å². The van der Waals surface area contributed by atoms with Crippen LogP contribution in [0.3, 0.4) is 0 Å². The molecule has 1 saturated heterocycles. The van der Waals surface area contributed by atoms with E-state index in [-0.39, 0.29) is 11.9 Å². The lowest BCUT2D eigenvalue weighted by atomic mass is 9.94. The van der Waals surface area contributed by atoms with Crippen molar-refractivity contribution in [3.63, 3.8) is 0 Å². The Hall–Kier alpha value is -3.38. The molecule has 2 aromatic carbocycles. The number of pyridine rings is 1. The van der Waals surface area contributed by atoms with Crippen molar-refractivity contribution in [2.24, 2.45) is 4.99 Å². The van der Waals surface area contributed by atoms with E-state index in [2.05, 4.69) is 36.2 Å². The average Bonchev–Trinajstić information content (AvgIpc) is 3.19. The van der Waals surface area contributed by atoms with Gasteiger partial charge in [-0.05, 0) is 73.0 Å². The van der Waals surface area contributed by atoms with E-state index in [1.54, 1.807) is 6.20 Å². The number of benzene rings is 2. The third-order valence-corrected chi connectivity index (χ3v) is 7.32. The summed E-state index contributed by atoms with van der Waals surface area (Å²) in [6, 6.07) is 22.1. The molecule has 6 heteroatoms. The molecule has 2 heterocycles. The predicted molar refractivity (Wildman–Crippen MR) is 143 cm³/mol. The molecule has 0 spiro atoms. The van der Waals surface area contributed by atoms with Crippen molar-refractivity contribution in [1.29, 1.82) is 0 Å². The third-order valence-electron chi connectivity index (χ3n) is 6.34. The fraction of sp³-hybridized carbons (Fsp3) is 0.276. The van der Waals surface area contributed by atoms with Gasteiger partial charge in [0.2, 0.25) is 0 Å².